The lowest BCUT2D eigenvalue weighted by atomic mass is 10.0. The molecule has 2 heteroatoms. The quantitative estimate of drug-likeness (QED) is 0.299. The van der Waals surface area contributed by atoms with Gasteiger partial charge in [-0.2, -0.15) is 0 Å². The van der Waals surface area contributed by atoms with E-state index < -0.39 is 11.7 Å². The fourth-order valence-electron chi connectivity index (χ4n) is 3.11. The highest BCUT2D eigenvalue weighted by Gasteiger charge is 2.11. The molecule has 0 bridgehead atoms. The smallest absolute Gasteiger partial charge is 0.166 e. The first-order valence-corrected chi connectivity index (χ1v) is 9.89. The highest BCUT2D eigenvalue weighted by molar-refractivity contribution is 5.83. The second kappa shape index (κ2) is 10.9. The van der Waals surface area contributed by atoms with Gasteiger partial charge in [-0.15, -0.1) is 0 Å². The van der Waals surface area contributed by atoms with Gasteiger partial charge in [-0.3, -0.25) is 0 Å². The van der Waals surface area contributed by atoms with Crippen LogP contribution in [0.25, 0.3) is 11.7 Å². The van der Waals surface area contributed by atoms with Gasteiger partial charge in [-0.1, -0.05) is 94.5 Å². The first-order chi connectivity index (χ1) is 12.7. The van der Waals surface area contributed by atoms with Gasteiger partial charge in [0.1, 0.15) is 0 Å². The van der Waals surface area contributed by atoms with E-state index in [2.05, 4.69) is 13.8 Å². The van der Waals surface area contributed by atoms with Crippen molar-refractivity contribution in [3.05, 3.63) is 70.8 Å². The molecule has 2 aromatic carbocycles. The van der Waals surface area contributed by atoms with Crippen LogP contribution in [0.1, 0.15) is 74.6 Å². The zero-order valence-corrected chi connectivity index (χ0v) is 16.0. The molecule has 0 radical (unpaired) electrons. The van der Waals surface area contributed by atoms with Crippen LogP contribution in [0.5, 0.6) is 0 Å². The molecule has 0 aliphatic heterocycles. The zero-order valence-electron chi connectivity index (χ0n) is 16.0. The highest BCUT2D eigenvalue weighted by atomic mass is 19.2. The molecule has 26 heavy (non-hydrogen) atoms. The number of rotatable bonds is 10. The third-order valence-electron chi connectivity index (χ3n) is 4.72. The lowest BCUT2D eigenvalue weighted by molar-refractivity contribution is 0.632. The van der Waals surface area contributed by atoms with Gasteiger partial charge in [-0.05, 0) is 30.4 Å². The zero-order chi connectivity index (χ0) is 18.8. The topological polar surface area (TPSA) is 0 Å². The molecule has 0 aromatic heterocycles. The molecule has 0 nitrogen and oxygen atoms in total. The minimum atomic E-state index is -0.791. The van der Waals surface area contributed by atoms with Gasteiger partial charge in [0.25, 0.3) is 0 Å². The van der Waals surface area contributed by atoms with Crippen LogP contribution in [-0.2, 0) is 12.8 Å². The maximum atomic E-state index is 14.5. The molecule has 0 amide bonds. The molecule has 0 N–H and O–H groups in total. The van der Waals surface area contributed by atoms with E-state index >= 15 is 0 Å². The van der Waals surface area contributed by atoms with E-state index in [1.807, 2.05) is 24.3 Å². The second-order valence-electron chi connectivity index (χ2n) is 6.94. The van der Waals surface area contributed by atoms with Crippen molar-refractivity contribution < 1.29 is 8.78 Å². The van der Waals surface area contributed by atoms with Crippen molar-refractivity contribution in [3.8, 4) is 0 Å². The number of benzene rings is 2. The summed E-state index contributed by atoms with van der Waals surface area (Å²) in [6.45, 7) is 4.31. The average Bonchev–Trinajstić information content (AvgIpc) is 2.68. The van der Waals surface area contributed by atoms with Gasteiger partial charge in [0, 0.05) is 11.1 Å². The fourth-order valence-corrected chi connectivity index (χ4v) is 3.11. The molecule has 0 aliphatic carbocycles. The number of hydrogen-bond acceptors (Lipinski definition) is 0. The van der Waals surface area contributed by atoms with Crippen LogP contribution in [0.3, 0.4) is 0 Å². The van der Waals surface area contributed by atoms with Crippen LogP contribution < -0.4 is 0 Å². The first kappa shape index (κ1) is 20.4. The summed E-state index contributed by atoms with van der Waals surface area (Å²) in [4.78, 5) is 0. The van der Waals surface area contributed by atoms with E-state index in [9.17, 15) is 8.78 Å². The molecule has 0 saturated heterocycles. The van der Waals surface area contributed by atoms with E-state index in [1.165, 1.54) is 31.2 Å². The van der Waals surface area contributed by atoms with Gasteiger partial charge in [0.05, 0.1) is 0 Å². The maximum Gasteiger partial charge on any atom is 0.166 e. The van der Waals surface area contributed by atoms with E-state index in [1.54, 1.807) is 24.3 Å². The summed E-state index contributed by atoms with van der Waals surface area (Å²) < 4.78 is 28.9. The van der Waals surface area contributed by atoms with Crippen LogP contribution >= 0.6 is 0 Å². The van der Waals surface area contributed by atoms with Crippen molar-refractivity contribution in [1.29, 1.82) is 0 Å². The third kappa shape index (κ3) is 6.09. The normalized spacial score (nSPS) is 12.2. The van der Waals surface area contributed by atoms with E-state index in [0.717, 1.165) is 31.2 Å². The molecule has 0 spiro atoms. The maximum absolute atomic E-state index is 14.5. The summed E-state index contributed by atoms with van der Waals surface area (Å²) in [6, 6.07) is 14.2. The van der Waals surface area contributed by atoms with Gasteiger partial charge in [0.2, 0.25) is 0 Å². The van der Waals surface area contributed by atoms with Crippen LogP contribution in [0, 0.1) is 0 Å². The van der Waals surface area contributed by atoms with E-state index in [0.29, 0.717) is 11.1 Å². The molecule has 0 atom stereocenters. The Morgan fingerprint density at radius 1 is 0.577 bits per heavy atom. The van der Waals surface area contributed by atoms with Crippen molar-refractivity contribution in [2.24, 2.45) is 0 Å². The Morgan fingerprint density at radius 3 is 1.50 bits per heavy atom. The summed E-state index contributed by atoms with van der Waals surface area (Å²) in [6.07, 6.45) is 9.17. The Hall–Kier alpha value is -1.96. The molecule has 0 aliphatic rings. The SMILES string of the molecule is CCCCCCCc1ccc(/C(F)=C(\F)c2ccc(CCC)cc2)cc1. The van der Waals surface area contributed by atoms with Crippen LogP contribution in [0.4, 0.5) is 8.78 Å². The van der Waals surface area contributed by atoms with Gasteiger partial charge >= 0.3 is 0 Å². The molecular formula is C24H30F2. The van der Waals surface area contributed by atoms with Gasteiger partial charge in [0.15, 0.2) is 11.7 Å². The minimum Gasteiger partial charge on any atom is -0.203 e. The molecule has 2 aromatic rings. The Labute approximate surface area is 157 Å². The van der Waals surface area contributed by atoms with Crippen LogP contribution in [0.15, 0.2) is 48.5 Å². The molecule has 0 heterocycles. The summed E-state index contributed by atoms with van der Waals surface area (Å²) in [5.74, 6) is -1.58. The summed E-state index contributed by atoms with van der Waals surface area (Å²) >= 11 is 0. The minimum absolute atomic E-state index is 0.294. The van der Waals surface area contributed by atoms with E-state index in [4.69, 9.17) is 0 Å². The number of hydrogen-bond donors (Lipinski definition) is 0. The van der Waals surface area contributed by atoms with Crippen LogP contribution in [0.2, 0.25) is 0 Å². The van der Waals surface area contributed by atoms with Crippen molar-refractivity contribution >= 4 is 11.7 Å². The van der Waals surface area contributed by atoms with Crippen molar-refractivity contribution in [3.63, 3.8) is 0 Å². The number of aryl methyl sites for hydroxylation is 2. The van der Waals surface area contributed by atoms with Crippen LogP contribution in [-0.4, -0.2) is 0 Å². The van der Waals surface area contributed by atoms with Gasteiger partial charge < -0.3 is 0 Å². The Bertz CT molecular complexity index is 681. The van der Waals surface area contributed by atoms with Gasteiger partial charge in [-0.25, -0.2) is 8.78 Å². The van der Waals surface area contributed by atoms with E-state index in [-0.39, 0.29) is 0 Å². The molecule has 0 fully saturated rings. The standard InChI is InChI=1S/C24H30F2/c1-3-5-6-7-8-10-20-13-17-22(18-14-20)24(26)23(25)21-15-11-19(9-4-2)12-16-21/h11-18H,3-10H2,1-2H3/b24-23+. The molecule has 0 saturated carbocycles. The molecule has 0 unspecified atom stereocenters. The second-order valence-corrected chi connectivity index (χ2v) is 6.94. The number of unbranched alkanes of at least 4 members (excludes halogenated alkanes) is 4. The summed E-state index contributed by atoms with van der Waals surface area (Å²) in [7, 11) is 0. The largest absolute Gasteiger partial charge is 0.203 e. The lowest BCUT2D eigenvalue weighted by Crippen LogP contribution is -1.89. The summed E-state index contributed by atoms with van der Waals surface area (Å²) in [5, 5.41) is 0. The number of halogens is 2. The Kier molecular flexibility index (Phi) is 8.53. The summed E-state index contributed by atoms with van der Waals surface area (Å²) in [5.41, 5.74) is 2.92. The monoisotopic (exact) mass is 356 g/mol. The predicted octanol–water partition coefficient (Wildman–Crippen LogP) is 7.92. The van der Waals surface area contributed by atoms with Crippen molar-refractivity contribution in [2.75, 3.05) is 0 Å². The predicted molar refractivity (Wildman–Crippen MR) is 108 cm³/mol. The lowest BCUT2D eigenvalue weighted by Gasteiger charge is -2.06. The third-order valence-corrected chi connectivity index (χ3v) is 4.72. The average molecular weight is 357 g/mol. The Morgan fingerprint density at radius 2 is 1.04 bits per heavy atom. The molecular weight excluding hydrogens is 326 g/mol. The first-order valence-electron chi connectivity index (χ1n) is 9.89. The Balaban J connectivity index is 2.00. The molecule has 2 rings (SSSR count). The van der Waals surface area contributed by atoms with Crippen molar-refractivity contribution in [1.82, 2.24) is 0 Å². The van der Waals surface area contributed by atoms with Crippen molar-refractivity contribution in [2.45, 2.75) is 65.2 Å². The highest BCUT2D eigenvalue weighted by Crippen LogP contribution is 2.29. The fraction of sp³-hybridized carbons (Fsp3) is 0.417. The molecule has 140 valence electrons.